The number of rotatable bonds is 7. The number of nitro benzene ring substituents is 1. The van der Waals surface area contributed by atoms with E-state index in [4.69, 9.17) is 5.11 Å². The molecular weight excluding hydrogens is 336 g/mol. The fourth-order valence-corrected chi connectivity index (χ4v) is 2.79. The zero-order chi connectivity index (χ0) is 19.3. The summed E-state index contributed by atoms with van der Waals surface area (Å²) in [5.41, 5.74) is 1.97. The predicted molar refractivity (Wildman–Crippen MR) is 96.1 cm³/mol. The number of carboxylic acids is 1. The molecule has 0 radical (unpaired) electrons. The minimum absolute atomic E-state index is 0.104. The number of nitro groups is 1. The molecule has 0 bridgehead atoms. The van der Waals surface area contributed by atoms with Gasteiger partial charge in [-0.05, 0) is 37.5 Å². The second-order valence-corrected chi connectivity index (χ2v) is 6.08. The maximum Gasteiger partial charge on any atom is 0.303 e. The Kier molecular flexibility index (Phi) is 6.06. The Labute approximate surface area is 150 Å². The van der Waals surface area contributed by atoms with Gasteiger partial charge in [-0.1, -0.05) is 30.3 Å². The molecule has 26 heavy (non-hydrogen) atoms. The van der Waals surface area contributed by atoms with Gasteiger partial charge in [-0.15, -0.1) is 0 Å². The van der Waals surface area contributed by atoms with Crippen LogP contribution in [0.25, 0.3) is 0 Å². The van der Waals surface area contributed by atoms with Crippen molar-refractivity contribution in [2.24, 2.45) is 0 Å². The molecule has 0 aliphatic carbocycles. The highest BCUT2D eigenvalue weighted by Gasteiger charge is 2.21. The average molecular weight is 356 g/mol. The van der Waals surface area contributed by atoms with Crippen LogP contribution in [0, 0.1) is 24.0 Å². The van der Waals surface area contributed by atoms with Gasteiger partial charge in [0.25, 0.3) is 11.6 Å². The standard InChI is InChI=1S/C19H20N2O5/c1-12-10-13(2)17(21(25)26)11-15(12)19(24)20-16(8-9-18(22)23)14-6-4-3-5-7-14/h3-7,10-11,16H,8-9H2,1-2H3,(H,20,24)(H,22,23). The Morgan fingerprint density at radius 3 is 2.38 bits per heavy atom. The van der Waals surface area contributed by atoms with Crippen molar-refractivity contribution in [2.75, 3.05) is 0 Å². The lowest BCUT2D eigenvalue weighted by atomic mass is 9.99. The van der Waals surface area contributed by atoms with Gasteiger partial charge >= 0.3 is 5.97 Å². The maximum atomic E-state index is 12.7. The van der Waals surface area contributed by atoms with Crippen LogP contribution in [0.4, 0.5) is 5.69 Å². The highest BCUT2D eigenvalue weighted by molar-refractivity contribution is 5.96. The average Bonchev–Trinajstić information content (AvgIpc) is 2.58. The van der Waals surface area contributed by atoms with Gasteiger partial charge in [0, 0.05) is 23.6 Å². The zero-order valence-corrected chi connectivity index (χ0v) is 14.6. The highest BCUT2D eigenvalue weighted by Crippen LogP contribution is 2.24. The summed E-state index contributed by atoms with van der Waals surface area (Å²) in [6.07, 6.45) is 0.116. The number of benzene rings is 2. The lowest BCUT2D eigenvalue weighted by Gasteiger charge is -2.19. The van der Waals surface area contributed by atoms with Crippen LogP contribution in [-0.4, -0.2) is 21.9 Å². The minimum Gasteiger partial charge on any atom is -0.481 e. The second kappa shape index (κ2) is 8.24. The molecule has 136 valence electrons. The smallest absolute Gasteiger partial charge is 0.303 e. The fourth-order valence-electron chi connectivity index (χ4n) is 2.79. The predicted octanol–water partition coefficient (Wildman–Crippen LogP) is 3.55. The molecule has 0 aliphatic heterocycles. The number of hydrogen-bond donors (Lipinski definition) is 2. The Bertz CT molecular complexity index is 833. The summed E-state index contributed by atoms with van der Waals surface area (Å²) in [5.74, 6) is -1.42. The number of amides is 1. The van der Waals surface area contributed by atoms with Gasteiger partial charge in [0.1, 0.15) is 0 Å². The molecule has 0 aliphatic rings. The van der Waals surface area contributed by atoms with Crippen LogP contribution < -0.4 is 5.32 Å². The molecular formula is C19H20N2O5. The Balaban J connectivity index is 2.30. The molecule has 2 aromatic carbocycles. The van der Waals surface area contributed by atoms with Gasteiger partial charge in [-0.2, -0.15) is 0 Å². The lowest BCUT2D eigenvalue weighted by Crippen LogP contribution is -2.29. The summed E-state index contributed by atoms with van der Waals surface area (Å²) in [7, 11) is 0. The molecule has 1 amide bonds. The van der Waals surface area contributed by atoms with Crippen LogP contribution >= 0.6 is 0 Å². The van der Waals surface area contributed by atoms with E-state index >= 15 is 0 Å². The number of carbonyl (C=O) groups excluding carboxylic acids is 1. The van der Waals surface area contributed by atoms with Crippen molar-refractivity contribution in [3.63, 3.8) is 0 Å². The number of nitrogens with zero attached hydrogens (tertiary/aromatic N) is 1. The quantitative estimate of drug-likeness (QED) is 0.582. The van der Waals surface area contributed by atoms with Crippen molar-refractivity contribution in [3.8, 4) is 0 Å². The summed E-state index contributed by atoms with van der Waals surface area (Å²) in [6, 6.07) is 11.4. The van der Waals surface area contributed by atoms with Crippen molar-refractivity contribution in [1.82, 2.24) is 5.32 Å². The summed E-state index contributed by atoms with van der Waals surface area (Å²) in [6.45, 7) is 3.33. The van der Waals surface area contributed by atoms with Crippen molar-refractivity contribution < 1.29 is 19.6 Å². The number of carbonyl (C=O) groups is 2. The van der Waals surface area contributed by atoms with E-state index in [0.29, 0.717) is 11.1 Å². The number of hydrogen-bond acceptors (Lipinski definition) is 4. The van der Waals surface area contributed by atoms with E-state index in [1.165, 1.54) is 6.07 Å². The number of carboxylic acid groups (broad SMARTS) is 1. The molecule has 2 N–H and O–H groups in total. The largest absolute Gasteiger partial charge is 0.481 e. The topological polar surface area (TPSA) is 110 Å². The highest BCUT2D eigenvalue weighted by atomic mass is 16.6. The molecule has 0 aromatic heterocycles. The monoisotopic (exact) mass is 356 g/mol. The van der Waals surface area contributed by atoms with Gasteiger partial charge in [0.15, 0.2) is 0 Å². The Morgan fingerprint density at radius 2 is 1.81 bits per heavy atom. The first-order valence-electron chi connectivity index (χ1n) is 8.13. The minimum atomic E-state index is -0.956. The van der Waals surface area contributed by atoms with Crippen molar-refractivity contribution in [2.45, 2.75) is 32.7 Å². The first kappa shape index (κ1) is 19.1. The van der Waals surface area contributed by atoms with E-state index in [1.54, 1.807) is 44.2 Å². The van der Waals surface area contributed by atoms with Crippen LogP contribution in [0.15, 0.2) is 42.5 Å². The van der Waals surface area contributed by atoms with E-state index in [0.717, 1.165) is 5.56 Å². The lowest BCUT2D eigenvalue weighted by molar-refractivity contribution is -0.385. The number of aryl methyl sites for hydroxylation is 2. The van der Waals surface area contributed by atoms with E-state index in [-0.39, 0.29) is 24.1 Å². The molecule has 1 atom stereocenters. The summed E-state index contributed by atoms with van der Waals surface area (Å²) in [5, 5.41) is 22.9. The van der Waals surface area contributed by atoms with E-state index in [9.17, 15) is 19.7 Å². The third-order valence-corrected chi connectivity index (χ3v) is 4.14. The van der Waals surface area contributed by atoms with Crippen LogP contribution in [0.5, 0.6) is 0 Å². The van der Waals surface area contributed by atoms with E-state index in [1.807, 2.05) is 6.07 Å². The fraction of sp³-hybridized carbons (Fsp3) is 0.263. The second-order valence-electron chi connectivity index (χ2n) is 6.08. The van der Waals surface area contributed by atoms with Gasteiger partial charge in [-0.25, -0.2) is 0 Å². The Hall–Kier alpha value is -3.22. The molecule has 2 aromatic rings. The van der Waals surface area contributed by atoms with Crippen molar-refractivity contribution >= 4 is 17.6 Å². The molecule has 7 nitrogen and oxygen atoms in total. The van der Waals surface area contributed by atoms with E-state index < -0.39 is 22.8 Å². The molecule has 0 saturated heterocycles. The SMILES string of the molecule is Cc1cc(C)c([N+](=O)[O-])cc1C(=O)NC(CCC(=O)O)c1ccccc1. The van der Waals surface area contributed by atoms with Gasteiger partial charge in [-0.3, -0.25) is 19.7 Å². The molecule has 7 heteroatoms. The molecule has 1 unspecified atom stereocenters. The van der Waals surface area contributed by atoms with Gasteiger partial charge in [0.05, 0.1) is 11.0 Å². The van der Waals surface area contributed by atoms with E-state index in [2.05, 4.69) is 5.32 Å². The first-order valence-corrected chi connectivity index (χ1v) is 8.13. The Morgan fingerprint density at radius 1 is 1.15 bits per heavy atom. The van der Waals surface area contributed by atoms with Gasteiger partial charge in [0.2, 0.25) is 0 Å². The van der Waals surface area contributed by atoms with Crippen LogP contribution in [-0.2, 0) is 4.79 Å². The number of aliphatic carboxylic acids is 1. The zero-order valence-electron chi connectivity index (χ0n) is 14.6. The van der Waals surface area contributed by atoms with Crippen molar-refractivity contribution in [3.05, 3.63) is 74.8 Å². The summed E-state index contributed by atoms with van der Waals surface area (Å²) >= 11 is 0. The summed E-state index contributed by atoms with van der Waals surface area (Å²) in [4.78, 5) is 34.2. The van der Waals surface area contributed by atoms with Crippen LogP contribution in [0.3, 0.4) is 0 Å². The first-order chi connectivity index (χ1) is 12.3. The van der Waals surface area contributed by atoms with Gasteiger partial charge < -0.3 is 10.4 Å². The molecule has 0 heterocycles. The molecule has 0 spiro atoms. The third kappa shape index (κ3) is 4.66. The van der Waals surface area contributed by atoms with Crippen LogP contribution in [0.2, 0.25) is 0 Å². The summed E-state index contributed by atoms with van der Waals surface area (Å²) < 4.78 is 0. The van der Waals surface area contributed by atoms with Crippen LogP contribution in [0.1, 0.15) is 45.9 Å². The molecule has 0 fully saturated rings. The maximum absolute atomic E-state index is 12.7. The van der Waals surface area contributed by atoms with Crippen molar-refractivity contribution in [1.29, 1.82) is 0 Å². The third-order valence-electron chi connectivity index (χ3n) is 4.14. The molecule has 0 saturated carbocycles. The normalized spacial score (nSPS) is 11.6. The molecule has 2 rings (SSSR count). The number of nitrogens with one attached hydrogen (secondary N) is 1.